The van der Waals surface area contributed by atoms with E-state index in [0.29, 0.717) is 5.75 Å². The second-order valence-corrected chi connectivity index (χ2v) is 3.71. The first-order chi connectivity index (χ1) is 7.61. The molecule has 0 bridgehead atoms. The van der Waals surface area contributed by atoms with E-state index in [4.69, 9.17) is 9.84 Å². The summed E-state index contributed by atoms with van der Waals surface area (Å²) in [6.07, 6.45) is -0.271. The van der Waals surface area contributed by atoms with Crippen LogP contribution in [0, 0.1) is 5.82 Å². The van der Waals surface area contributed by atoms with Crippen LogP contribution < -0.4 is 10.1 Å². The van der Waals surface area contributed by atoms with Gasteiger partial charge in [0.05, 0.1) is 6.04 Å². The van der Waals surface area contributed by atoms with Crippen LogP contribution in [0.3, 0.4) is 0 Å². The monoisotopic (exact) mass is 225 g/mol. The van der Waals surface area contributed by atoms with Gasteiger partial charge in [-0.2, -0.15) is 0 Å². The molecular weight excluding hydrogens is 213 g/mol. The number of rotatable bonds is 2. The minimum atomic E-state index is -0.570. The van der Waals surface area contributed by atoms with Gasteiger partial charge in [0.25, 0.3) is 0 Å². The van der Waals surface area contributed by atoms with E-state index in [0.717, 1.165) is 5.56 Å². The summed E-state index contributed by atoms with van der Waals surface area (Å²) in [5.74, 6) is -0.409. The number of fused-ring (bicyclic) bond motifs is 1. The molecule has 2 unspecified atom stereocenters. The van der Waals surface area contributed by atoms with Gasteiger partial charge in [0.2, 0.25) is 5.91 Å². The van der Waals surface area contributed by atoms with E-state index < -0.39 is 12.5 Å². The zero-order valence-electron chi connectivity index (χ0n) is 8.74. The minimum Gasteiger partial charge on any atom is -0.488 e. The SMILES string of the molecule is CC1Oc2cc(F)ccc2C1NC(=O)CO. The molecule has 1 aliphatic heterocycles. The second kappa shape index (κ2) is 4.09. The summed E-state index contributed by atoms with van der Waals surface area (Å²) in [5.41, 5.74) is 0.732. The molecule has 0 aliphatic carbocycles. The maximum absolute atomic E-state index is 12.9. The highest BCUT2D eigenvalue weighted by molar-refractivity contribution is 5.77. The third-order valence-corrected chi connectivity index (χ3v) is 2.55. The van der Waals surface area contributed by atoms with E-state index in [-0.39, 0.29) is 18.0 Å². The number of aliphatic hydroxyl groups is 1. The van der Waals surface area contributed by atoms with Gasteiger partial charge in [-0.05, 0) is 13.0 Å². The fourth-order valence-corrected chi connectivity index (χ4v) is 1.80. The first kappa shape index (κ1) is 10.9. The lowest BCUT2D eigenvalue weighted by Crippen LogP contribution is -2.35. The second-order valence-electron chi connectivity index (χ2n) is 3.71. The van der Waals surface area contributed by atoms with Gasteiger partial charge in [-0.3, -0.25) is 4.79 Å². The molecule has 0 spiro atoms. The van der Waals surface area contributed by atoms with Crippen LogP contribution in [0.2, 0.25) is 0 Å². The Balaban J connectivity index is 2.26. The minimum absolute atomic E-state index is 0.271. The number of carbonyl (C=O) groups is 1. The van der Waals surface area contributed by atoms with Crippen molar-refractivity contribution in [3.8, 4) is 5.75 Å². The summed E-state index contributed by atoms with van der Waals surface area (Å²) in [6.45, 7) is 1.21. The first-order valence-corrected chi connectivity index (χ1v) is 4.98. The van der Waals surface area contributed by atoms with Crippen LogP contribution in [0.1, 0.15) is 18.5 Å². The van der Waals surface area contributed by atoms with Crippen molar-refractivity contribution in [2.75, 3.05) is 6.61 Å². The molecule has 1 aromatic carbocycles. The van der Waals surface area contributed by atoms with Crippen molar-refractivity contribution in [1.82, 2.24) is 5.32 Å². The van der Waals surface area contributed by atoms with E-state index in [9.17, 15) is 9.18 Å². The van der Waals surface area contributed by atoms with E-state index in [1.807, 2.05) is 0 Å². The van der Waals surface area contributed by atoms with Crippen LogP contribution in [0.4, 0.5) is 4.39 Å². The Hall–Kier alpha value is -1.62. The summed E-state index contributed by atoms with van der Waals surface area (Å²) in [6, 6.07) is 3.85. The van der Waals surface area contributed by atoms with E-state index in [2.05, 4.69) is 5.32 Å². The molecule has 16 heavy (non-hydrogen) atoms. The molecule has 1 aromatic rings. The predicted molar refractivity (Wildman–Crippen MR) is 54.5 cm³/mol. The molecule has 2 rings (SSSR count). The summed E-state index contributed by atoms with van der Waals surface area (Å²) in [5, 5.41) is 11.3. The van der Waals surface area contributed by atoms with Crippen LogP contribution in [0.5, 0.6) is 5.75 Å². The van der Waals surface area contributed by atoms with Crippen molar-refractivity contribution in [1.29, 1.82) is 0 Å². The lowest BCUT2D eigenvalue weighted by atomic mass is 10.0. The number of ether oxygens (including phenoxy) is 1. The molecule has 1 aliphatic rings. The van der Waals surface area contributed by atoms with Gasteiger partial charge in [0.1, 0.15) is 24.3 Å². The van der Waals surface area contributed by atoms with Crippen molar-refractivity contribution in [3.63, 3.8) is 0 Å². The zero-order valence-corrected chi connectivity index (χ0v) is 8.74. The van der Waals surface area contributed by atoms with Crippen molar-refractivity contribution in [2.24, 2.45) is 0 Å². The summed E-state index contributed by atoms with van der Waals surface area (Å²) >= 11 is 0. The Morgan fingerprint density at radius 2 is 2.38 bits per heavy atom. The Labute approximate surface area is 92.0 Å². The number of halogens is 1. The van der Waals surface area contributed by atoms with Crippen LogP contribution in [-0.2, 0) is 4.79 Å². The van der Waals surface area contributed by atoms with Crippen molar-refractivity contribution in [3.05, 3.63) is 29.6 Å². The van der Waals surface area contributed by atoms with E-state index in [1.54, 1.807) is 13.0 Å². The molecule has 86 valence electrons. The highest BCUT2D eigenvalue weighted by atomic mass is 19.1. The Morgan fingerprint density at radius 1 is 1.62 bits per heavy atom. The molecule has 4 nitrogen and oxygen atoms in total. The highest BCUT2D eigenvalue weighted by Gasteiger charge is 2.32. The van der Waals surface area contributed by atoms with Crippen LogP contribution >= 0.6 is 0 Å². The Bertz CT molecular complexity index is 422. The maximum atomic E-state index is 12.9. The average Bonchev–Trinajstić information content (AvgIpc) is 2.54. The predicted octanol–water partition coefficient (Wildman–Crippen LogP) is 0.756. The smallest absolute Gasteiger partial charge is 0.246 e. The molecule has 1 heterocycles. The number of benzene rings is 1. The molecule has 0 radical (unpaired) electrons. The topological polar surface area (TPSA) is 58.6 Å². The van der Waals surface area contributed by atoms with Gasteiger partial charge < -0.3 is 15.2 Å². The quantitative estimate of drug-likeness (QED) is 0.781. The zero-order chi connectivity index (χ0) is 11.7. The summed E-state index contributed by atoms with van der Waals surface area (Å²) in [7, 11) is 0. The molecule has 0 saturated carbocycles. The van der Waals surface area contributed by atoms with Gasteiger partial charge in [0.15, 0.2) is 0 Å². The lowest BCUT2D eigenvalue weighted by molar-refractivity contribution is -0.125. The summed E-state index contributed by atoms with van der Waals surface area (Å²) < 4.78 is 18.3. The molecule has 5 heteroatoms. The molecule has 0 saturated heterocycles. The number of hydrogen-bond acceptors (Lipinski definition) is 3. The fraction of sp³-hybridized carbons (Fsp3) is 0.364. The molecule has 0 aromatic heterocycles. The number of aliphatic hydroxyl groups excluding tert-OH is 1. The van der Waals surface area contributed by atoms with Crippen molar-refractivity contribution < 1.29 is 19.0 Å². The lowest BCUT2D eigenvalue weighted by Gasteiger charge is -2.15. The normalized spacial score (nSPS) is 22.4. The first-order valence-electron chi connectivity index (χ1n) is 4.98. The molecule has 2 atom stereocenters. The van der Waals surface area contributed by atoms with Crippen molar-refractivity contribution in [2.45, 2.75) is 19.1 Å². The van der Waals surface area contributed by atoms with Gasteiger partial charge in [-0.15, -0.1) is 0 Å². The summed E-state index contributed by atoms with van der Waals surface area (Å²) in [4.78, 5) is 11.1. The Kier molecular flexibility index (Phi) is 2.78. The van der Waals surface area contributed by atoms with Gasteiger partial charge >= 0.3 is 0 Å². The van der Waals surface area contributed by atoms with E-state index in [1.165, 1.54) is 12.1 Å². The highest BCUT2D eigenvalue weighted by Crippen LogP contribution is 2.36. The molecule has 2 N–H and O–H groups in total. The third-order valence-electron chi connectivity index (χ3n) is 2.55. The number of carbonyl (C=O) groups excluding carboxylic acids is 1. The van der Waals surface area contributed by atoms with Crippen LogP contribution in [-0.4, -0.2) is 23.7 Å². The van der Waals surface area contributed by atoms with E-state index >= 15 is 0 Å². The fourth-order valence-electron chi connectivity index (χ4n) is 1.80. The number of nitrogens with one attached hydrogen (secondary N) is 1. The van der Waals surface area contributed by atoms with Crippen LogP contribution in [0.25, 0.3) is 0 Å². The largest absolute Gasteiger partial charge is 0.488 e. The van der Waals surface area contributed by atoms with Gasteiger partial charge in [0, 0.05) is 11.6 Å². The third kappa shape index (κ3) is 1.86. The molecule has 0 fully saturated rings. The van der Waals surface area contributed by atoms with Gasteiger partial charge in [-0.25, -0.2) is 4.39 Å². The number of amides is 1. The molecular formula is C11H12FNO3. The Morgan fingerprint density at radius 3 is 3.06 bits per heavy atom. The van der Waals surface area contributed by atoms with Crippen molar-refractivity contribution >= 4 is 5.91 Å². The average molecular weight is 225 g/mol. The van der Waals surface area contributed by atoms with Gasteiger partial charge in [-0.1, -0.05) is 6.07 Å². The standard InChI is InChI=1S/C11H12FNO3/c1-6-11(13-10(15)5-14)8-3-2-7(12)4-9(8)16-6/h2-4,6,11,14H,5H2,1H3,(H,13,15). The maximum Gasteiger partial charge on any atom is 0.246 e. The molecule has 1 amide bonds. The number of hydrogen-bond donors (Lipinski definition) is 2. The van der Waals surface area contributed by atoms with Crippen LogP contribution in [0.15, 0.2) is 18.2 Å².